The molecule has 104 valence electrons. The van der Waals surface area contributed by atoms with E-state index in [0.717, 1.165) is 18.4 Å². The van der Waals surface area contributed by atoms with E-state index in [-0.39, 0.29) is 11.9 Å². The van der Waals surface area contributed by atoms with E-state index in [1.54, 1.807) is 0 Å². The molecule has 1 atom stereocenters. The summed E-state index contributed by atoms with van der Waals surface area (Å²) in [5.41, 5.74) is 7.02. The zero-order valence-corrected chi connectivity index (χ0v) is 11.3. The Kier molecular flexibility index (Phi) is 2.93. The number of hydrogen-bond acceptors (Lipinski definition) is 4. The van der Waals surface area contributed by atoms with Gasteiger partial charge in [-0.05, 0) is 37.5 Å². The standard InChI is InChI=1S/C14H17N5O/c1-9(12-16-8-17-19-12)18-13(20)14(6-7-14)10-2-4-11(15)5-3-10/h2-5,8-9H,6-7,15H2,1H3,(H,18,20)(H,16,17,19). The quantitative estimate of drug-likeness (QED) is 0.730. The lowest BCUT2D eigenvalue weighted by Gasteiger charge is -2.19. The molecule has 1 fully saturated rings. The molecule has 0 saturated heterocycles. The minimum Gasteiger partial charge on any atom is -0.399 e. The molecule has 1 aromatic heterocycles. The molecule has 6 heteroatoms. The number of nitrogens with two attached hydrogens (primary N) is 1. The highest BCUT2D eigenvalue weighted by Gasteiger charge is 2.51. The molecule has 1 heterocycles. The Hall–Kier alpha value is -2.37. The van der Waals surface area contributed by atoms with Crippen molar-refractivity contribution in [2.24, 2.45) is 0 Å². The van der Waals surface area contributed by atoms with Crippen LogP contribution >= 0.6 is 0 Å². The van der Waals surface area contributed by atoms with E-state index in [2.05, 4.69) is 20.5 Å². The lowest BCUT2D eigenvalue weighted by atomic mass is 9.94. The van der Waals surface area contributed by atoms with Gasteiger partial charge >= 0.3 is 0 Å². The van der Waals surface area contributed by atoms with Crippen molar-refractivity contribution in [1.29, 1.82) is 0 Å². The summed E-state index contributed by atoms with van der Waals surface area (Å²) >= 11 is 0. The molecule has 1 amide bonds. The Balaban J connectivity index is 1.75. The van der Waals surface area contributed by atoms with E-state index in [1.165, 1.54) is 6.33 Å². The molecule has 0 aliphatic heterocycles. The summed E-state index contributed by atoms with van der Waals surface area (Å²) in [6.07, 6.45) is 3.17. The van der Waals surface area contributed by atoms with Crippen LogP contribution in [0.2, 0.25) is 0 Å². The predicted octanol–water partition coefficient (Wildman–Crippen LogP) is 1.30. The summed E-state index contributed by atoms with van der Waals surface area (Å²) in [6.45, 7) is 1.89. The van der Waals surface area contributed by atoms with Crippen molar-refractivity contribution in [2.75, 3.05) is 5.73 Å². The first-order valence-electron chi connectivity index (χ1n) is 6.64. The van der Waals surface area contributed by atoms with Gasteiger partial charge in [-0.15, -0.1) is 0 Å². The van der Waals surface area contributed by atoms with Crippen molar-refractivity contribution < 1.29 is 4.79 Å². The normalized spacial score (nSPS) is 17.4. The van der Waals surface area contributed by atoms with Crippen LogP contribution in [0.5, 0.6) is 0 Å². The highest BCUT2D eigenvalue weighted by atomic mass is 16.2. The van der Waals surface area contributed by atoms with Crippen molar-refractivity contribution in [1.82, 2.24) is 20.5 Å². The van der Waals surface area contributed by atoms with Crippen LogP contribution in [0.1, 0.15) is 37.2 Å². The maximum absolute atomic E-state index is 12.5. The first kappa shape index (κ1) is 12.7. The van der Waals surface area contributed by atoms with Gasteiger partial charge in [0.05, 0.1) is 11.5 Å². The number of aromatic nitrogens is 3. The summed E-state index contributed by atoms with van der Waals surface area (Å²) in [6, 6.07) is 7.35. The topological polar surface area (TPSA) is 96.7 Å². The fraction of sp³-hybridized carbons (Fsp3) is 0.357. The van der Waals surface area contributed by atoms with Crippen molar-refractivity contribution in [3.63, 3.8) is 0 Å². The Morgan fingerprint density at radius 3 is 2.65 bits per heavy atom. The second-order valence-corrected chi connectivity index (χ2v) is 5.27. The maximum atomic E-state index is 12.5. The van der Waals surface area contributed by atoms with Crippen molar-refractivity contribution in [2.45, 2.75) is 31.2 Å². The molecule has 4 N–H and O–H groups in total. The van der Waals surface area contributed by atoms with Crippen LogP contribution in [-0.4, -0.2) is 21.1 Å². The fourth-order valence-electron chi connectivity index (χ4n) is 2.40. The van der Waals surface area contributed by atoms with Gasteiger partial charge in [0.1, 0.15) is 12.2 Å². The second kappa shape index (κ2) is 4.63. The average Bonchev–Trinajstić information content (AvgIpc) is 3.06. The Morgan fingerprint density at radius 1 is 1.40 bits per heavy atom. The number of rotatable bonds is 4. The molecule has 0 radical (unpaired) electrons. The van der Waals surface area contributed by atoms with Gasteiger partial charge < -0.3 is 11.1 Å². The molecule has 1 aliphatic rings. The number of hydrogen-bond donors (Lipinski definition) is 3. The number of benzene rings is 1. The van der Waals surface area contributed by atoms with Crippen LogP contribution in [0.25, 0.3) is 0 Å². The van der Waals surface area contributed by atoms with Crippen LogP contribution in [0.4, 0.5) is 5.69 Å². The van der Waals surface area contributed by atoms with E-state index in [1.807, 2.05) is 31.2 Å². The highest BCUT2D eigenvalue weighted by Crippen LogP contribution is 2.48. The number of anilines is 1. The van der Waals surface area contributed by atoms with Gasteiger partial charge in [-0.3, -0.25) is 9.89 Å². The maximum Gasteiger partial charge on any atom is 0.231 e. The van der Waals surface area contributed by atoms with Crippen LogP contribution in [-0.2, 0) is 10.2 Å². The molecule has 20 heavy (non-hydrogen) atoms. The third kappa shape index (κ3) is 2.13. The molecular weight excluding hydrogens is 254 g/mol. The van der Waals surface area contributed by atoms with Gasteiger partial charge in [-0.25, -0.2) is 4.98 Å². The van der Waals surface area contributed by atoms with E-state index in [4.69, 9.17) is 5.73 Å². The van der Waals surface area contributed by atoms with Crippen LogP contribution < -0.4 is 11.1 Å². The molecule has 0 spiro atoms. The third-order valence-corrected chi connectivity index (χ3v) is 3.84. The van der Waals surface area contributed by atoms with Crippen LogP contribution in [0.3, 0.4) is 0 Å². The predicted molar refractivity (Wildman–Crippen MR) is 74.7 cm³/mol. The van der Waals surface area contributed by atoms with E-state index >= 15 is 0 Å². The summed E-state index contributed by atoms with van der Waals surface area (Å²) in [4.78, 5) is 16.6. The van der Waals surface area contributed by atoms with Crippen molar-refractivity contribution in [3.05, 3.63) is 42.0 Å². The molecule has 1 aromatic carbocycles. The smallest absolute Gasteiger partial charge is 0.231 e. The monoisotopic (exact) mass is 271 g/mol. The minimum atomic E-state index is -0.401. The fourth-order valence-corrected chi connectivity index (χ4v) is 2.40. The van der Waals surface area contributed by atoms with Gasteiger partial charge in [0, 0.05) is 5.69 Å². The van der Waals surface area contributed by atoms with Crippen LogP contribution in [0, 0.1) is 0 Å². The lowest BCUT2D eigenvalue weighted by Crippen LogP contribution is -2.36. The van der Waals surface area contributed by atoms with Crippen molar-refractivity contribution in [3.8, 4) is 0 Å². The molecule has 1 aliphatic carbocycles. The summed E-state index contributed by atoms with van der Waals surface area (Å²) < 4.78 is 0. The average molecular weight is 271 g/mol. The van der Waals surface area contributed by atoms with Crippen LogP contribution in [0.15, 0.2) is 30.6 Å². The van der Waals surface area contributed by atoms with E-state index in [9.17, 15) is 4.79 Å². The number of nitrogens with zero attached hydrogens (tertiary/aromatic N) is 2. The molecule has 1 unspecified atom stereocenters. The Labute approximate surface area is 116 Å². The van der Waals surface area contributed by atoms with Crippen molar-refractivity contribution >= 4 is 11.6 Å². The number of H-pyrrole nitrogens is 1. The van der Waals surface area contributed by atoms with E-state index < -0.39 is 5.41 Å². The van der Waals surface area contributed by atoms with Gasteiger partial charge in [0.25, 0.3) is 0 Å². The SMILES string of the molecule is CC(NC(=O)C1(c2ccc(N)cc2)CC1)c1ncn[nH]1. The largest absolute Gasteiger partial charge is 0.399 e. The van der Waals surface area contributed by atoms with Gasteiger partial charge in [0.2, 0.25) is 5.91 Å². The summed E-state index contributed by atoms with van der Waals surface area (Å²) in [5.74, 6) is 0.692. The Morgan fingerprint density at radius 2 is 2.10 bits per heavy atom. The lowest BCUT2D eigenvalue weighted by molar-refractivity contribution is -0.124. The zero-order valence-electron chi connectivity index (χ0n) is 11.3. The number of nitrogens with one attached hydrogen (secondary N) is 2. The first-order chi connectivity index (χ1) is 9.62. The summed E-state index contributed by atoms with van der Waals surface area (Å²) in [5, 5.41) is 9.56. The first-order valence-corrected chi connectivity index (χ1v) is 6.64. The molecular formula is C14H17N5O. The number of nitrogen functional groups attached to an aromatic ring is 1. The molecule has 6 nitrogen and oxygen atoms in total. The van der Waals surface area contributed by atoms with Gasteiger partial charge in [-0.1, -0.05) is 12.1 Å². The number of amides is 1. The molecule has 1 saturated carbocycles. The molecule has 2 aromatic rings. The molecule has 0 bridgehead atoms. The number of carbonyl (C=O) groups is 1. The van der Waals surface area contributed by atoms with Gasteiger partial charge in [0.15, 0.2) is 0 Å². The minimum absolute atomic E-state index is 0.0335. The third-order valence-electron chi connectivity index (χ3n) is 3.84. The molecule has 3 rings (SSSR count). The number of carbonyl (C=O) groups excluding carboxylic acids is 1. The highest BCUT2D eigenvalue weighted by molar-refractivity contribution is 5.91. The zero-order chi connectivity index (χ0) is 14.2. The Bertz CT molecular complexity index is 601. The summed E-state index contributed by atoms with van der Waals surface area (Å²) in [7, 11) is 0. The number of aromatic amines is 1. The second-order valence-electron chi connectivity index (χ2n) is 5.27. The van der Waals surface area contributed by atoms with Gasteiger partial charge in [-0.2, -0.15) is 5.10 Å². The van der Waals surface area contributed by atoms with E-state index in [0.29, 0.717) is 11.5 Å².